The van der Waals surface area contributed by atoms with Gasteiger partial charge in [-0.1, -0.05) is 0 Å². The third-order valence-electron chi connectivity index (χ3n) is 1.38. The smallest absolute Gasteiger partial charge is 0.131 e. The van der Waals surface area contributed by atoms with Crippen LogP contribution in [0.3, 0.4) is 0 Å². The normalized spacial score (nSPS) is 9.50. The van der Waals surface area contributed by atoms with Crippen LogP contribution >= 0.6 is 0 Å². The fourth-order valence-corrected chi connectivity index (χ4v) is 0.913. The van der Waals surface area contributed by atoms with E-state index in [9.17, 15) is 0 Å². The first-order valence-corrected chi connectivity index (χ1v) is 4.16. The van der Waals surface area contributed by atoms with Gasteiger partial charge in [0.15, 0.2) is 0 Å². The largest absolute Gasteiger partial charge is 0.370 e. The van der Waals surface area contributed by atoms with E-state index in [1.54, 1.807) is 6.33 Å². The van der Waals surface area contributed by atoms with E-state index in [-0.39, 0.29) is 0 Å². The Morgan fingerprint density at radius 2 is 1.58 bits per heavy atom. The molecule has 0 saturated heterocycles. The molecule has 0 saturated carbocycles. The average Bonchev–Trinajstić information content (AvgIpc) is 2.06. The van der Waals surface area contributed by atoms with Crippen molar-refractivity contribution in [2.75, 3.05) is 23.7 Å². The van der Waals surface area contributed by atoms with E-state index in [4.69, 9.17) is 0 Å². The Bertz CT molecular complexity index is 215. The molecule has 0 amide bonds. The van der Waals surface area contributed by atoms with E-state index in [1.807, 2.05) is 19.9 Å². The monoisotopic (exact) mass is 166 g/mol. The van der Waals surface area contributed by atoms with Gasteiger partial charge in [-0.3, -0.25) is 0 Å². The van der Waals surface area contributed by atoms with Crippen LogP contribution in [0.4, 0.5) is 11.6 Å². The number of anilines is 2. The van der Waals surface area contributed by atoms with Crippen LogP contribution in [0.5, 0.6) is 0 Å². The van der Waals surface area contributed by atoms with Crippen molar-refractivity contribution in [3.05, 3.63) is 12.4 Å². The van der Waals surface area contributed by atoms with Gasteiger partial charge in [0, 0.05) is 19.2 Å². The molecular formula is C8H14N4. The van der Waals surface area contributed by atoms with E-state index in [0.717, 1.165) is 24.7 Å². The van der Waals surface area contributed by atoms with Crippen molar-refractivity contribution < 1.29 is 0 Å². The number of hydrogen-bond donors (Lipinski definition) is 2. The molecule has 0 aromatic carbocycles. The zero-order chi connectivity index (χ0) is 8.81. The minimum atomic E-state index is 0.864. The summed E-state index contributed by atoms with van der Waals surface area (Å²) < 4.78 is 0. The van der Waals surface area contributed by atoms with Crippen molar-refractivity contribution in [2.45, 2.75) is 13.8 Å². The second-order valence-corrected chi connectivity index (χ2v) is 2.35. The minimum absolute atomic E-state index is 0.864. The Labute approximate surface area is 72.4 Å². The minimum Gasteiger partial charge on any atom is -0.370 e. The Morgan fingerprint density at radius 1 is 1.08 bits per heavy atom. The van der Waals surface area contributed by atoms with E-state index in [0.29, 0.717) is 0 Å². The van der Waals surface area contributed by atoms with Crippen molar-refractivity contribution in [1.29, 1.82) is 0 Å². The SMILES string of the molecule is CCNc1cc(NCC)ncn1. The molecule has 0 aliphatic heterocycles. The molecule has 0 aliphatic rings. The molecule has 0 radical (unpaired) electrons. The van der Waals surface area contributed by atoms with Gasteiger partial charge in [-0.15, -0.1) is 0 Å². The molecule has 0 spiro atoms. The third kappa shape index (κ3) is 2.38. The fraction of sp³-hybridized carbons (Fsp3) is 0.500. The molecular weight excluding hydrogens is 152 g/mol. The molecule has 1 aromatic rings. The molecule has 1 aromatic heterocycles. The van der Waals surface area contributed by atoms with Crippen molar-refractivity contribution >= 4 is 11.6 Å². The molecule has 12 heavy (non-hydrogen) atoms. The lowest BCUT2D eigenvalue weighted by Gasteiger charge is -2.04. The van der Waals surface area contributed by atoms with Gasteiger partial charge in [0.2, 0.25) is 0 Å². The summed E-state index contributed by atoms with van der Waals surface area (Å²) in [6.07, 6.45) is 1.55. The first-order valence-electron chi connectivity index (χ1n) is 4.16. The molecule has 1 rings (SSSR count). The van der Waals surface area contributed by atoms with Gasteiger partial charge < -0.3 is 10.6 Å². The lowest BCUT2D eigenvalue weighted by atomic mass is 10.5. The fourth-order valence-electron chi connectivity index (χ4n) is 0.913. The molecule has 0 atom stereocenters. The maximum atomic E-state index is 4.05. The average molecular weight is 166 g/mol. The molecule has 0 unspecified atom stereocenters. The maximum Gasteiger partial charge on any atom is 0.131 e. The van der Waals surface area contributed by atoms with Crippen LogP contribution in [0.2, 0.25) is 0 Å². The highest BCUT2D eigenvalue weighted by atomic mass is 15.1. The summed E-state index contributed by atoms with van der Waals surface area (Å²) in [5.74, 6) is 1.73. The zero-order valence-electron chi connectivity index (χ0n) is 7.46. The van der Waals surface area contributed by atoms with Gasteiger partial charge in [-0.2, -0.15) is 0 Å². The van der Waals surface area contributed by atoms with E-state index in [2.05, 4.69) is 20.6 Å². The molecule has 0 bridgehead atoms. The Kier molecular flexibility index (Phi) is 3.32. The van der Waals surface area contributed by atoms with Gasteiger partial charge in [0.05, 0.1) is 0 Å². The van der Waals surface area contributed by atoms with Crippen LogP contribution in [0.15, 0.2) is 12.4 Å². The van der Waals surface area contributed by atoms with Crippen LogP contribution in [0.25, 0.3) is 0 Å². The van der Waals surface area contributed by atoms with Gasteiger partial charge in [-0.05, 0) is 13.8 Å². The molecule has 2 N–H and O–H groups in total. The topological polar surface area (TPSA) is 49.8 Å². The lowest BCUT2D eigenvalue weighted by Crippen LogP contribution is -2.03. The maximum absolute atomic E-state index is 4.05. The van der Waals surface area contributed by atoms with E-state index >= 15 is 0 Å². The van der Waals surface area contributed by atoms with Crippen molar-refractivity contribution in [3.8, 4) is 0 Å². The van der Waals surface area contributed by atoms with Crippen molar-refractivity contribution in [1.82, 2.24) is 9.97 Å². The molecule has 4 heteroatoms. The van der Waals surface area contributed by atoms with Crippen molar-refractivity contribution in [2.24, 2.45) is 0 Å². The lowest BCUT2D eigenvalue weighted by molar-refractivity contribution is 1.09. The van der Waals surface area contributed by atoms with Crippen LogP contribution in [0, 0.1) is 0 Å². The van der Waals surface area contributed by atoms with E-state index < -0.39 is 0 Å². The Hall–Kier alpha value is -1.32. The van der Waals surface area contributed by atoms with E-state index in [1.165, 1.54) is 0 Å². The number of rotatable bonds is 4. The Balaban J connectivity index is 2.67. The summed E-state index contributed by atoms with van der Waals surface area (Å²) in [5, 5.41) is 6.23. The molecule has 0 fully saturated rings. The summed E-state index contributed by atoms with van der Waals surface area (Å²) in [5.41, 5.74) is 0. The number of nitrogens with one attached hydrogen (secondary N) is 2. The molecule has 66 valence electrons. The third-order valence-corrected chi connectivity index (χ3v) is 1.38. The van der Waals surface area contributed by atoms with Gasteiger partial charge >= 0.3 is 0 Å². The summed E-state index contributed by atoms with van der Waals surface area (Å²) >= 11 is 0. The summed E-state index contributed by atoms with van der Waals surface area (Å²) in [4.78, 5) is 8.10. The molecule has 0 aliphatic carbocycles. The first kappa shape index (κ1) is 8.77. The highest BCUT2D eigenvalue weighted by molar-refractivity contribution is 5.46. The zero-order valence-corrected chi connectivity index (χ0v) is 7.46. The highest BCUT2D eigenvalue weighted by Crippen LogP contribution is 2.06. The number of aromatic nitrogens is 2. The van der Waals surface area contributed by atoms with Gasteiger partial charge in [0.25, 0.3) is 0 Å². The first-order chi connectivity index (χ1) is 5.86. The van der Waals surface area contributed by atoms with Crippen molar-refractivity contribution in [3.63, 3.8) is 0 Å². The second kappa shape index (κ2) is 4.54. The number of nitrogens with zero attached hydrogens (tertiary/aromatic N) is 2. The van der Waals surface area contributed by atoms with Gasteiger partial charge in [-0.25, -0.2) is 9.97 Å². The second-order valence-electron chi connectivity index (χ2n) is 2.35. The predicted octanol–water partition coefficient (Wildman–Crippen LogP) is 1.34. The standard InChI is InChI=1S/C8H14N4/c1-3-9-7-5-8(10-4-2)12-6-11-7/h5-6H,3-4H2,1-2H3,(H2,9,10,11,12). The van der Waals surface area contributed by atoms with Crippen LogP contribution < -0.4 is 10.6 Å². The summed E-state index contributed by atoms with van der Waals surface area (Å²) in [7, 11) is 0. The quantitative estimate of drug-likeness (QED) is 0.708. The van der Waals surface area contributed by atoms with Crippen LogP contribution in [-0.2, 0) is 0 Å². The summed E-state index contributed by atoms with van der Waals surface area (Å²) in [6, 6.07) is 1.90. The predicted molar refractivity (Wildman–Crippen MR) is 50.4 cm³/mol. The van der Waals surface area contributed by atoms with Gasteiger partial charge in [0.1, 0.15) is 18.0 Å². The molecule has 4 nitrogen and oxygen atoms in total. The Morgan fingerprint density at radius 3 is 2.00 bits per heavy atom. The van der Waals surface area contributed by atoms with Crippen LogP contribution in [0.1, 0.15) is 13.8 Å². The molecule has 1 heterocycles. The van der Waals surface area contributed by atoms with Crippen LogP contribution in [-0.4, -0.2) is 23.1 Å². The highest BCUT2D eigenvalue weighted by Gasteiger charge is 1.94. The number of hydrogen-bond acceptors (Lipinski definition) is 4. The summed E-state index contributed by atoms with van der Waals surface area (Å²) in [6.45, 7) is 5.83.